The number of para-hydroxylation sites is 1. The van der Waals surface area contributed by atoms with Gasteiger partial charge in [-0.1, -0.05) is 32.0 Å². The summed E-state index contributed by atoms with van der Waals surface area (Å²) in [6.07, 6.45) is 3.15. The van der Waals surface area contributed by atoms with Crippen LogP contribution in [0.2, 0.25) is 0 Å². The number of thiophene rings is 1. The van der Waals surface area contributed by atoms with E-state index in [9.17, 15) is 9.59 Å². The maximum absolute atomic E-state index is 13.0. The van der Waals surface area contributed by atoms with Gasteiger partial charge in [0, 0.05) is 10.6 Å². The predicted molar refractivity (Wildman–Crippen MR) is 112 cm³/mol. The van der Waals surface area contributed by atoms with Crippen molar-refractivity contribution < 1.29 is 4.79 Å². The fourth-order valence-electron chi connectivity index (χ4n) is 3.28. The largest absolute Gasteiger partial charge is 0.324 e. The second-order valence-electron chi connectivity index (χ2n) is 6.74. The molecule has 0 unspecified atom stereocenters. The molecule has 5 nitrogen and oxygen atoms in total. The fraction of sp³-hybridized carbons (Fsp3) is 0.381. The Balaban J connectivity index is 1.98. The van der Waals surface area contributed by atoms with Gasteiger partial charge >= 0.3 is 0 Å². The molecule has 1 N–H and O–H groups in total. The third-order valence-corrected chi connectivity index (χ3v) is 6.27. The number of amides is 1. The number of rotatable bonds is 5. The van der Waals surface area contributed by atoms with E-state index in [2.05, 4.69) is 24.1 Å². The SMILES string of the molecule is CCc1cccc(CC)c1NC(=O)[C@@H](C)n1cnc2sc(C)c(C)c2c1=O. The zero-order valence-corrected chi connectivity index (χ0v) is 17.2. The fourth-order valence-corrected chi connectivity index (χ4v) is 4.27. The Bertz CT molecular complexity index is 1040. The van der Waals surface area contributed by atoms with E-state index in [0.717, 1.165) is 44.9 Å². The van der Waals surface area contributed by atoms with Crippen LogP contribution in [0.4, 0.5) is 5.69 Å². The first kappa shape index (κ1) is 19.3. The highest BCUT2D eigenvalue weighted by atomic mass is 32.1. The van der Waals surface area contributed by atoms with Gasteiger partial charge in [-0.2, -0.15) is 0 Å². The van der Waals surface area contributed by atoms with Gasteiger partial charge in [0.2, 0.25) is 5.91 Å². The van der Waals surface area contributed by atoms with Crippen LogP contribution in [0.3, 0.4) is 0 Å². The minimum absolute atomic E-state index is 0.163. The highest BCUT2D eigenvalue weighted by Gasteiger charge is 2.21. The van der Waals surface area contributed by atoms with Gasteiger partial charge in [0.25, 0.3) is 5.56 Å². The summed E-state index contributed by atoms with van der Waals surface area (Å²) in [5.74, 6) is -0.210. The molecule has 1 atom stereocenters. The molecule has 27 heavy (non-hydrogen) atoms. The zero-order chi connectivity index (χ0) is 19.7. The Morgan fingerprint density at radius 3 is 2.44 bits per heavy atom. The van der Waals surface area contributed by atoms with Crippen molar-refractivity contribution in [1.29, 1.82) is 0 Å². The minimum Gasteiger partial charge on any atom is -0.324 e. The van der Waals surface area contributed by atoms with Gasteiger partial charge in [-0.05, 0) is 50.3 Å². The molecule has 0 aliphatic carbocycles. The molecule has 3 rings (SSSR count). The molecule has 0 fully saturated rings. The zero-order valence-electron chi connectivity index (χ0n) is 16.4. The van der Waals surface area contributed by atoms with E-state index in [1.165, 1.54) is 22.2 Å². The first-order chi connectivity index (χ1) is 12.9. The van der Waals surface area contributed by atoms with E-state index in [-0.39, 0.29) is 11.5 Å². The summed E-state index contributed by atoms with van der Waals surface area (Å²) in [6, 6.07) is 5.41. The lowest BCUT2D eigenvalue weighted by Gasteiger charge is -2.18. The average molecular weight is 384 g/mol. The van der Waals surface area contributed by atoms with Crippen LogP contribution < -0.4 is 10.9 Å². The molecule has 1 amide bonds. The molecule has 3 aromatic rings. The molecule has 142 valence electrons. The summed E-state index contributed by atoms with van der Waals surface area (Å²) in [4.78, 5) is 32.1. The van der Waals surface area contributed by atoms with Gasteiger partial charge in [0.1, 0.15) is 10.9 Å². The number of hydrogen-bond donors (Lipinski definition) is 1. The normalized spacial score (nSPS) is 12.3. The van der Waals surface area contributed by atoms with Crippen molar-refractivity contribution in [3.05, 3.63) is 56.4 Å². The molecule has 2 aromatic heterocycles. The lowest BCUT2D eigenvalue weighted by atomic mass is 10.0. The third kappa shape index (κ3) is 3.41. The number of fused-ring (bicyclic) bond motifs is 1. The minimum atomic E-state index is -0.649. The maximum Gasteiger partial charge on any atom is 0.263 e. The molecule has 0 aliphatic rings. The Morgan fingerprint density at radius 1 is 1.22 bits per heavy atom. The van der Waals surface area contributed by atoms with Crippen molar-refractivity contribution >= 4 is 33.1 Å². The summed E-state index contributed by atoms with van der Waals surface area (Å²) < 4.78 is 1.43. The van der Waals surface area contributed by atoms with Gasteiger partial charge in [0.15, 0.2) is 0 Å². The van der Waals surface area contributed by atoms with Crippen LogP contribution in [-0.4, -0.2) is 15.5 Å². The summed E-state index contributed by atoms with van der Waals surface area (Å²) in [7, 11) is 0. The quantitative estimate of drug-likeness (QED) is 0.710. The molecular weight excluding hydrogens is 358 g/mol. The van der Waals surface area contributed by atoms with Crippen molar-refractivity contribution in [2.75, 3.05) is 5.32 Å². The lowest BCUT2D eigenvalue weighted by molar-refractivity contribution is -0.118. The number of nitrogens with one attached hydrogen (secondary N) is 1. The van der Waals surface area contributed by atoms with Crippen molar-refractivity contribution in [1.82, 2.24) is 9.55 Å². The van der Waals surface area contributed by atoms with Crippen LogP contribution in [0, 0.1) is 13.8 Å². The van der Waals surface area contributed by atoms with Gasteiger partial charge in [-0.15, -0.1) is 11.3 Å². The van der Waals surface area contributed by atoms with Crippen molar-refractivity contribution in [2.45, 2.75) is 53.5 Å². The van der Waals surface area contributed by atoms with E-state index >= 15 is 0 Å². The molecule has 0 saturated heterocycles. The smallest absolute Gasteiger partial charge is 0.263 e. The first-order valence-corrected chi connectivity index (χ1v) is 10.1. The number of aromatic nitrogens is 2. The number of aryl methyl sites for hydroxylation is 4. The van der Waals surface area contributed by atoms with Crippen LogP contribution in [-0.2, 0) is 17.6 Å². The van der Waals surface area contributed by atoms with E-state index in [0.29, 0.717) is 5.39 Å². The highest BCUT2D eigenvalue weighted by Crippen LogP contribution is 2.27. The molecule has 1 aromatic carbocycles. The van der Waals surface area contributed by atoms with Gasteiger partial charge in [-0.3, -0.25) is 14.2 Å². The second kappa shape index (κ2) is 7.64. The van der Waals surface area contributed by atoms with Gasteiger partial charge in [0.05, 0.1) is 11.7 Å². The number of anilines is 1. The summed E-state index contributed by atoms with van der Waals surface area (Å²) >= 11 is 1.51. The van der Waals surface area contributed by atoms with Crippen LogP contribution in [0.25, 0.3) is 10.2 Å². The van der Waals surface area contributed by atoms with Crippen LogP contribution in [0.5, 0.6) is 0 Å². The highest BCUT2D eigenvalue weighted by molar-refractivity contribution is 7.18. The van der Waals surface area contributed by atoms with Crippen molar-refractivity contribution in [2.24, 2.45) is 0 Å². The molecule has 0 radical (unpaired) electrons. The first-order valence-electron chi connectivity index (χ1n) is 9.27. The van der Waals surface area contributed by atoms with E-state index in [1.54, 1.807) is 6.92 Å². The Labute approximate surface area is 163 Å². The summed E-state index contributed by atoms with van der Waals surface area (Å²) in [5.41, 5.74) is 3.84. The topological polar surface area (TPSA) is 64.0 Å². The van der Waals surface area contributed by atoms with E-state index < -0.39 is 6.04 Å². The average Bonchev–Trinajstić information content (AvgIpc) is 2.96. The van der Waals surface area contributed by atoms with Crippen LogP contribution >= 0.6 is 11.3 Å². The second-order valence-corrected chi connectivity index (χ2v) is 7.95. The molecule has 2 heterocycles. The molecule has 0 aliphatic heterocycles. The summed E-state index contributed by atoms with van der Waals surface area (Å²) in [5, 5.41) is 3.66. The third-order valence-electron chi connectivity index (χ3n) is 5.16. The Morgan fingerprint density at radius 2 is 1.85 bits per heavy atom. The number of benzene rings is 1. The van der Waals surface area contributed by atoms with Crippen LogP contribution in [0.15, 0.2) is 29.3 Å². The number of nitrogens with zero attached hydrogens (tertiary/aromatic N) is 2. The molecule has 0 spiro atoms. The number of carbonyl (C=O) groups is 1. The standard InChI is InChI=1S/C21H25N3O2S/c1-6-15-9-8-10-16(7-2)18(15)23-19(25)13(4)24-11-22-20-17(21(24)26)12(3)14(5)27-20/h8-11,13H,6-7H2,1-5H3,(H,23,25)/t13-/m1/s1. The predicted octanol–water partition coefficient (Wildman–Crippen LogP) is 4.40. The molecule has 6 heteroatoms. The molecule has 0 saturated carbocycles. The van der Waals surface area contributed by atoms with Crippen molar-refractivity contribution in [3.63, 3.8) is 0 Å². The molecule has 0 bridgehead atoms. The Hall–Kier alpha value is -2.47. The van der Waals surface area contributed by atoms with Gasteiger partial charge in [-0.25, -0.2) is 4.98 Å². The summed E-state index contributed by atoms with van der Waals surface area (Å²) in [6.45, 7) is 9.78. The Kier molecular flexibility index (Phi) is 5.46. The van der Waals surface area contributed by atoms with Crippen LogP contribution in [0.1, 0.15) is 48.4 Å². The van der Waals surface area contributed by atoms with Gasteiger partial charge < -0.3 is 5.32 Å². The van der Waals surface area contributed by atoms with E-state index in [1.807, 2.05) is 32.0 Å². The van der Waals surface area contributed by atoms with E-state index in [4.69, 9.17) is 0 Å². The monoisotopic (exact) mass is 383 g/mol. The lowest BCUT2D eigenvalue weighted by Crippen LogP contribution is -2.32. The number of carbonyl (C=O) groups excluding carboxylic acids is 1. The van der Waals surface area contributed by atoms with Crippen molar-refractivity contribution in [3.8, 4) is 0 Å². The number of hydrogen-bond acceptors (Lipinski definition) is 4. The maximum atomic E-state index is 13.0. The molecular formula is C21H25N3O2S.